The molecular weight excluding hydrogens is 327 g/mol. The van der Waals surface area contributed by atoms with E-state index in [4.69, 9.17) is 0 Å². The molecule has 92 valence electrons. The first-order valence-electron chi connectivity index (χ1n) is 5.92. The molecule has 1 aliphatic rings. The largest absolute Gasteiger partial charge is 0.325 e. The Morgan fingerprint density at radius 3 is 2.94 bits per heavy atom. The van der Waals surface area contributed by atoms with Gasteiger partial charge < -0.3 is 10.6 Å². The Kier molecular flexibility index (Phi) is 4.39. The van der Waals surface area contributed by atoms with Gasteiger partial charge >= 0.3 is 0 Å². The minimum atomic E-state index is 0.0377. The van der Waals surface area contributed by atoms with E-state index >= 15 is 0 Å². The van der Waals surface area contributed by atoms with E-state index in [2.05, 4.69) is 33.2 Å². The molecule has 17 heavy (non-hydrogen) atoms. The lowest BCUT2D eigenvalue weighted by Gasteiger charge is -2.10. The van der Waals surface area contributed by atoms with Crippen molar-refractivity contribution in [2.24, 2.45) is 5.92 Å². The number of hydrogen-bond acceptors (Lipinski definition) is 2. The molecule has 2 N–H and O–H groups in total. The Balaban J connectivity index is 1.82. The van der Waals surface area contributed by atoms with Gasteiger partial charge in [-0.25, -0.2) is 0 Å². The molecule has 1 fully saturated rings. The Morgan fingerprint density at radius 1 is 1.47 bits per heavy atom. The van der Waals surface area contributed by atoms with E-state index in [9.17, 15) is 4.79 Å². The normalized spacial score (nSPS) is 14.7. The van der Waals surface area contributed by atoms with E-state index < -0.39 is 0 Å². The van der Waals surface area contributed by atoms with Crippen molar-refractivity contribution in [3.63, 3.8) is 0 Å². The fourth-order valence-corrected chi connectivity index (χ4v) is 2.15. The summed E-state index contributed by atoms with van der Waals surface area (Å²) in [5, 5.41) is 6.13. The van der Waals surface area contributed by atoms with E-state index in [0.29, 0.717) is 6.54 Å². The number of amides is 1. The molecule has 1 amide bonds. The van der Waals surface area contributed by atoms with E-state index in [1.54, 1.807) is 0 Å². The smallest absolute Gasteiger partial charge is 0.238 e. The Hall–Kier alpha value is -0.620. The molecule has 0 bridgehead atoms. The Bertz CT molecular complexity index is 416. The van der Waals surface area contributed by atoms with Gasteiger partial charge in [0.1, 0.15) is 0 Å². The minimum absolute atomic E-state index is 0.0377. The first kappa shape index (κ1) is 12.8. The number of hydrogen-bond donors (Lipinski definition) is 2. The predicted octanol–water partition coefficient (Wildman–Crippen LogP) is 2.54. The van der Waals surface area contributed by atoms with Gasteiger partial charge in [-0.2, -0.15) is 0 Å². The van der Waals surface area contributed by atoms with Crippen molar-refractivity contribution < 1.29 is 4.79 Å². The summed E-state index contributed by atoms with van der Waals surface area (Å²) in [6, 6.07) is 5.94. The number of carbonyl (C=O) groups is 1. The summed E-state index contributed by atoms with van der Waals surface area (Å²) < 4.78 is 1.17. The molecule has 0 heterocycles. The molecule has 3 nitrogen and oxygen atoms in total. The first-order valence-corrected chi connectivity index (χ1v) is 7.00. The quantitative estimate of drug-likeness (QED) is 0.806. The number of carbonyl (C=O) groups excluding carboxylic acids is 1. The van der Waals surface area contributed by atoms with E-state index in [1.807, 2.05) is 25.1 Å². The lowest BCUT2D eigenvalue weighted by atomic mass is 10.2. The van der Waals surface area contributed by atoms with Crippen LogP contribution in [0.15, 0.2) is 18.2 Å². The lowest BCUT2D eigenvalue weighted by molar-refractivity contribution is -0.115. The highest BCUT2D eigenvalue weighted by Gasteiger charge is 2.20. The number of anilines is 1. The van der Waals surface area contributed by atoms with Crippen LogP contribution in [0.2, 0.25) is 0 Å². The van der Waals surface area contributed by atoms with E-state index in [1.165, 1.54) is 16.4 Å². The molecule has 1 aromatic rings. The highest BCUT2D eigenvalue weighted by molar-refractivity contribution is 14.1. The van der Waals surface area contributed by atoms with Crippen LogP contribution in [0, 0.1) is 16.4 Å². The molecule has 0 saturated heterocycles. The average Bonchev–Trinajstić information content (AvgIpc) is 3.09. The average molecular weight is 344 g/mol. The summed E-state index contributed by atoms with van der Waals surface area (Å²) in [5.41, 5.74) is 2.04. The van der Waals surface area contributed by atoms with Gasteiger partial charge in [0.15, 0.2) is 0 Å². The molecular formula is C13H17IN2O. The highest BCUT2D eigenvalue weighted by Crippen LogP contribution is 2.27. The van der Waals surface area contributed by atoms with Gasteiger partial charge in [-0.1, -0.05) is 6.07 Å². The van der Waals surface area contributed by atoms with Gasteiger partial charge in [-0.15, -0.1) is 0 Å². The van der Waals surface area contributed by atoms with Crippen molar-refractivity contribution in [3.8, 4) is 0 Å². The zero-order chi connectivity index (χ0) is 12.3. The highest BCUT2D eigenvalue weighted by atomic mass is 127. The van der Waals surface area contributed by atoms with Crippen LogP contribution in [0.1, 0.15) is 18.4 Å². The molecule has 2 rings (SSSR count). The summed E-state index contributed by atoms with van der Waals surface area (Å²) in [6.07, 6.45) is 2.62. The Labute approximate surface area is 116 Å². The van der Waals surface area contributed by atoms with Crippen LogP contribution in [-0.2, 0) is 4.79 Å². The van der Waals surface area contributed by atoms with Crippen molar-refractivity contribution in [2.45, 2.75) is 19.8 Å². The summed E-state index contributed by atoms with van der Waals surface area (Å²) in [4.78, 5) is 11.7. The number of benzene rings is 1. The van der Waals surface area contributed by atoms with Gasteiger partial charge in [0, 0.05) is 9.26 Å². The summed E-state index contributed by atoms with van der Waals surface area (Å²) in [6.45, 7) is 3.40. The fraction of sp³-hybridized carbons (Fsp3) is 0.462. The third kappa shape index (κ3) is 3.96. The SMILES string of the molecule is Cc1c(I)cccc1NC(=O)CNCC1CC1. The zero-order valence-electron chi connectivity index (χ0n) is 9.92. The number of halogens is 1. The molecule has 1 saturated carbocycles. The minimum Gasteiger partial charge on any atom is -0.325 e. The second kappa shape index (κ2) is 5.82. The summed E-state index contributed by atoms with van der Waals surface area (Å²) >= 11 is 2.28. The van der Waals surface area contributed by atoms with Crippen LogP contribution < -0.4 is 10.6 Å². The van der Waals surface area contributed by atoms with Gasteiger partial charge in [-0.05, 0) is 72.5 Å². The van der Waals surface area contributed by atoms with Crippen molar-refractivity contribution in [2.75, 3.05) is 18.4 Å². The van der Waals surface area contributed by atoms with Crippen molar-refractivity contribution >= 4 is 34.2 Å². The van der Waals surface area contributed by atoms with Crippen LogP contribution >= 0.6 is 22.6 Å². The Morgan fingerprint density at radius 2 is 2.24 bits per heavy atom. The van der Waals surface area contributed by atoms with Crippen LogP contribution in [0.3, 0.4) is 0 Å². The standard InChI is InChI=1S/C13H17IN2O/c1-9-11(14)3-2-4-12(9)16-13(17)8-15-7-10-5-6-10/h2-4,10,15H,5-8H2,1H3,(H,16,17). The molecule has 0 spiro atoms. The van der Waals surface area contributed by atoms with Crippen LogP contribution in [-0.4, -0.2) is 19.0 Å². The van der Waals surface area contributed by atoms with Crippen molar-refractivity contribution in [1.82, 2.24) is 5.32 Å². The fourth-order valence-electron chi connectivity index (χ4n) is 1.65. The van der Waals surface area contributed by atoms with E-state index in [-0.39, 0.29) is 5.91 Å². The van der Waals surface area contributed by atoms with Gasteiger partial charge in [0.2, 0.25) is 5.91 Å². The van der Waals surface area contributed by atoms with Crippen molar-refractivity contribution in [1.29, 1.82) is 0 Å². The first-order chi connectivity index (χ1) is 8.16. The van der Waals surface area contributed by atoms with Crippen molar-refractivity contribution in [3.05, 3.63) is 27.3 Å². The van der Waals surface area contributed by atoms with Gasteiger partial charge in [0.05, 0.1) is 6.54 Å². The van der Waals surface area contributed by atoms with Crippen LogP contribution in [0.25, 0.3) is 0 Å². The maximum absolute atomic E-state index is 11.7. The third-order valence-corrected chi connectivity index (χ3v) is 4.13. The van der Waals surface area contributed by atoms with Gasteiger partial charge in [-0.3, -0.25) is 4.79 Å². The van der Waals surface area contributed by atoms with Gasteiger partial charge in [0.25, 0.3) is 0 Å². The maximum atomic E-state index is 11.7. The lowest BCUT2D eigenvalue weighted by Crippen LogP contribution is -2.29. The molecule has 0 aromatic heterocycles. The third-order valence-electron chi connectivity index (χ3n) is 2.96. The second-order valence-electron chi connectivity index (χ2n) is 4.53. The summed E-state index contributed by atoms with van der Waals surface area (Å²) in [7, 11) is 0. The molecule has 0 unspecified atom stereocenters. The van der Waals surface area contributed by atoms with Crippen LogP contribution in [0.4, 0.5) is 5.69 Å². The van der Waals surface area contributed by atoms with Crippen LogP contribution in [0.5, 0.6) is 0 Å². The predicted molar refractivity (Wildman–Crippen MR) is 78.1 cm³/mol. The zero-order valence-corrected chi connectivity index (χ0v) is 12.1. The molecule has 4 heteroatoms. The second-order valence-corrected chi connectivity index (χ2v) is 5.70. The van der Waals surface area contributed by atoms with E-state index in [0.717, 1.165) is 23.7 Å². The molecule has 0 radical (unpaired) electrons. The molecule has 1 aliphatic carbocycles. The topological polar surface area (TPSA) is 41.1 Å². The molecule has 0 atom stereocenters. The molecule has 0 aliphatic heterocycles. The molecule has 1 aromatic carbocycles. The monoisotopic (exact) mass is 344 g/mol. The maximum Gasteiger partial charge on any atom is 0.238 e. The number of nitrogens with one attached hydrogen (secondary N) is 2. The summed E-state index contributed by atoms with van der Waals surface area (Å²) in [5.74, 6) is 0.845. The number of rotatable bonds is 5.